The van der Waals surface area contributed by atoms with Crippen LogP contribution in [-0.2, 0) is 81.6 Å². The number of alkyl halides is 1. The van der Waals surface area contributed by atoms with Crippen molar-refractivity contribution < 1.29 is 139 Å². The van der Waals surface area contributed by atoms with E-state index in [0.29, 0.717) is 107 Å². The number of carbonyl (C=O) groups excluding carboxylic acids is 11. The summed E-state index contributed by atoms with van der Waals surface area (Å²) in [6, 6.07) is 46.5. The standard InChI is InChI=1S/C26H32FN3O6.C22H22FN3O5.C21H24FN3O4.C19H17FN2O4.C6H15N.C2H5B2O3.C2H6O2.CH3F/c1-17(32)28-14-21-16-30(25(34)35-21)20-9-10-22(23(27)13-20)19-7-5-18(6-8-19)15-29(11-12-31)24(33)36-26(2,3)4;1-14(27)24-11-18-13-26(22(29)31-18)17-6-7-19(20(23)10-17)16-4-2-15(3-5-16)12-25-8-9-30-21(25)28;1-14(27)24-12-18-13-25(21(28)29-18)17-6-7-19(20(22)10-17)16-4-2-15(3-5-16)11-23-8-9-26;1-12(24)21-9-16-10-22(19(25)26-16)15-6-7-17(18(20)8-15)14-4-2-13(11-23)3-5-14;1-4-7(5-2)6-3;1-3-7-6-2-4-5;3-1-2-4;1-2/h5-10,13,21,31H,11-12,14-16H2,1-4H3,(H,28,32);2-7,10,18H,8-9,11-13H2,1H3,(H,24,27);2-7,10,18,23,26H,8-9,11-13H2,1H3,(H,24,27);2-8,11,16H,9-10H2,1H3,(H,21,24);4-6H2,1-3H3;2H2,1H3;3-4H,1-2H2;1H3/t21-;2*18-;16-;;;;/m0000..../s1/i;;;;;;;1D. The summed E-state index contributed by atoms with van der Waals surface area (Å²) in [5.74, 6) is -2.75. The first-order valence-electron chi connectivity index (χ1n) is 46.2. The average molecular weight is 1980 g/mol. The monoisotopic (exact) mass is 1980 g/mol. The van der Waals surface area contributed by atoms with E-state index < -0.39 is 90.9 Å². The van der Waals surface area contributed by atoms with Gasteiger partial charge in [0.2, 0.25) is 23.6 Å². The van der Waals surface area contributed by atoms with Crippen LogP contribution in [0.5, 0.6) is 0 Å². The molecule has 4 atom stereocenters. The quantitative estimate of drug-likeness (QED) is 0.00339. The molecule has 0 unspecified atom stereocenters. The Morgan fingerprint density at radius 1 is 0.500 bits per heavy atom. The Bertz CT molecular complexity index is 5430. The number of anilines is 4. The van der Waals surface area contributed by atoms with Crippen LogP contribution in [0.3, 0.4) is 0 Å². The summed E-state index contributed by atoms with van der Waals surface area (Å²) in [5, 5.41) is 46.9. The van der Waals surface area contributed by atoms with E-state index >= 15 is 4.39 Å². The fraction of sp³-hybridized carbons (Fsp3) is 0.404. The predicted octanol–water partition coefficient (Wildman–Crippen LogP) is 11.9. The predicted molar refractivity (Wildman–Crippen MR) is 522 cm³/mol. The normalized spacial score (nSPS) is 15.4. The van der Waals surface area contributed by atoms with E-state index in [4.69, 9.17) is 45.1 Å². The molecular weight excluding hydrogens is 1860 g/mol. The third kappa shape index (κ3) is 38.7. The van der Waals surface area contributed by atoms with Gasteiger partial charge in [0, 0.05) is 88.2 Å². The van der Waals surface area contributed by atoms with Gasteiger partial charge >= 0.3 is 78.9 Å². The van der Waals surface area contributed by atoms with Crippen LogP contribution in [0.2, 0.25) is 6.82 Å². The molecule has 10 amide bonds. The smallest absolute Gasteiger partial charge is 0.0785 e. The summed E-state index contributed by atoms with van der Waals surface area (Å²) in [4.78, 5) is 146. The first kappa shape index (κ1) is 115. The number of aliphatic hydroxyl groups excluding tert-OH is 4. The molecule has 36 nitrogen and oxygen atoms in total. The van der Waals surface area contributed by atoms with Crippen LogP contribution in [0.1, 0.15) is 97.7 Å². The average Bonchev–Trinajstić information content (AvgIpc) is 1.74. The summed E-state index contributed by atoms with van der Waals surface area (Å²) in [5.41, 5.74) is 8.37. The third-order valence-electron chi connectivity index (χ3n) is 21.0. The fourth-order valence-electron chi connectivity index (χ4n) is 13.9. The van der Waals surface area contributed by atoms with E-state index in [1.807, 2.05) is 36.4 Å². The summed E-state index contributed by atoms with van der Waals surface area (Å²) in [7, 11) is 0.965. The number of nitrogens with one attached hydrogen (secondary N) is 5. The molecule has 0 aliphatic carbocycles. The number of hydrogen-bond acceptors (Lipinski definition) is 26. The van der Waals surface area contributed by atoms with Crippen LogP contribution in [0, 0.1) is 23.3 Å². The number of amides is 10. The minimum atomic E-state index is -1.00. The summed E-state index contributed by atoms with van der Waals surface area (Å²) in [6.45, 7) is 26.9. The van der Waals surface area contributed by atoms with Crippen molar-refractivity contribution in [2.24, 2.45) is 0 Å². The van der Waals surface area contributed by atoms with Crippen molar-refractivity contribution in [1.29, 1.82) is 0 Å². The number of aldehydes is 1. The van der Waals surface area contributed by atoms with Gasteiger partial charge < -0.3 is 90.1 Å². The van der Waals surface area contributed by atoms with Crippen molar-refractivity contribution in [2.45, 2.75) is 126 Å². The summed E-state index contributed by atoms with van der Waals surface area (Å²) < 4.78 is 115. The third-order valence-corrected chi connectivity index (χ3v) is 21.0. The van der Waals surface area contributed by atoms with E-state index in [2.05, 4.69) is 61.9 Å². The Balaban J connectivity index is 0.000000274. The van der Waals surface area contributed by atoms with Crippen LogP contribution >= 0.6 is 0 Å². The molecule has 765 valence electrons. The maximum absolute atomic E-state index is 15.0. The van der Waals surface area contributed by atoms with Crippen LogP contribution in [0.4, 0.5) is 73.5 Å². The van der Waals surface area contributed by atoms with E-state index in [-0.39, 0.29) is 128 Å². The molecule has 0 aromatic heterocycles. The number of aliphatic hydroxyl groups is 4. The maximum atomic E-state index is 15.0. The van der Waals surface area contributed by atoms with Gasteiger partial charge in [-0.2, -0.15) is 0 Å². The zero-order valence-corrected chi connectivity index (χ0v) is 81.2. The molecule has 5 heterocycles. The first-order valence-corrected chi connectivity index (χ1v) is 45.4. The molecule has 1 radical (unpaired) electrons. The molecule has 9 N–H and O–H groups in total. The summed E-state index contributed by atoms with van der Waals surface area (Å²) >= 11 is 0. The molecule has 0 spiro atoms. The molecule has 142 heavy (non-hydrogen) atoms. The second kappa shape index (κ2) is 61.0. The summed E-state index contributed by atoms with van der Waals surface area (Å²) in [6.07, 6.45) is -4.40. The van der Waals surface area contributed by atoms with Crippen LogP contribution in [-0.4, -0.2) is 285 Å². The number of rotatable bonds is 35. The van der Waals surface area contributed by atoms with Gasteiger partial charge in [0.25, 0.3) is 0 Å². The van der Waals surface area contributed by atoms with Gasteiger partial charge in [-0.05, 0) is 152 Å². The van der Waals surface area contributed by atoms with Gasteiger partial charge in [-0.3, -0.25) is 48.0 Å². The van der Waals surface area contributed by atoms with Gasteiger partial charge in [0.1, 0.15) is 66.2 Å². The fourth-order valence-corrected chi connectivity index (χ4v) is 13.9. The number of carbonyl (C=O) groups is 11. The van der Waals surface area contributed by atoms with Gasteiger partial charge in [-0.15, -0.1) is 0 Å². The number of ether oxygens (including phenoxy) is 6. The van der Waals surface area contributed by atoms with Crippen molar-refractivity contribution >= 4 is 104 Å². The Morgan fingerprint density at radius 2 is 0.838 bits per heavy atom. The molecule has 13 rings (SSSR count). The van der Waals surface area contributed by atoms with E-state index in [1.54, 1.807) is 142 Å². The van der Waals surface area contributed by atoms with E-state index in [9.17, 15) is 80.1 Å². The SMILES string of the molecule is CC(=O)NC[C@H]1CN(c2ccc(-c3ccc(C=O)cc3)c(F)c2)C(=O)O1.CC(=O)NC[C@H]1CN(c2ccc(-c3ccc(CN(CCO)C(=O)OC(C)(C)C)cc3)c(F)c2)C(=O)O1.CC(=O)NC[C@H]1CN(c2ccc(-c3ccc(CN4CCOC4=O)cc3)c(F)c2)C(=O)O1.CC(=O)NC[C@H]1CN(c2ccc(-c3ccc(CNCCO)cc3)c(F)c2)C(=O)O1.CCN(CC)CC.C[B]OOCB=O.OCCO.[2H]CF. The van der Waals surface area contributed by atoms with Gasteiger partial charge in [-0.1, -0.05) is 118 Å². The van der Waals surface area contributed by atoms with Crippen LogP contribution < -0.4 is 46.2 Å². The van der Waals surface area contributed by atoms with Crippen molar-refractivity contribution in [3.63, 3.8) is 0 Å². The number of nitrogens with zero attached hydrogens (tertiary/aromatic N) is 7. The molecule has 43 heteroatoms. The zero-order valence-electron chi connectivity index (χ0n) is 82.2. The molecule has 5 fully saturated rings. The number of halogens is 5. The molecular formula is C99H124B2F5N12O24. The molecule has 5 aliphatic rings. The Kier molecular flexibility index (Phi) is 49.5. The van der Waals surface area contributed by atoms with Gasteiger partial charge in [0.05, 0.1) is 117 Å². The number of hydrogen-bond donors (Lipinski definition) is 9. The Morgan fingerprint density at radius 3 is 1.11 bits per heavy atom. The van der Waals surface area contributed by atoms with Crippen molar-refractivity contribution in [3.05, 3.63) is 215 Å². The first-order chi connectivity index (χ1) is 68.4. The van der Waals surface area contributed by atoms with E-state index in [0.717, 1.165) is 28.5 Å². The molecule has 5 aliphatic heterocycles. The number of benzene rings is 8. The second-order valence-corrected chi connectivity index (χ2v) is 32.6. The van der Waals surface area contributed by atoms with Crippen LogP contribution in [0.25, 0.3) is 44.5 Å². The molecule has 5 saturated heterocycles. The minimum absolute atomic E-state index is 0.00958. The zero-order chi connectivity index (χ0) is 105. The van der Waals surface area contributed by atoms with Crippen molar-refractivity contribution in [3.8, 4) is 44.5 Å². The van der Waals surface area contributed by atoms with Gasteiger partial charge in [0.15, 0.2) is 0 Å². The topological polar surface area (TPSA) is 442 Å². The largest absolute Gasteiger partial charge is 0.394 e. The minimum Gasteiger partial charge on any atom is -0.394 e. The van der Waals surface area contributed by atoms with E-state index in [1.165, 1.54) is 104 Å². The Labute approximate surface area is 824 Å². The Hall–Kier alpha value is -13.8. The molecule has 8 aromatic rings. The maximum Gasteiger partial charge on any atom is 0.0785 e. The van der Waals surface area contributed by atoms with Crippen molar-refractivity contribution in [1.82, 2.24) is 41.3 Å². The number of cyclic esters (lactones) is 5. The molecule has 0 saturated carbocycles. The second-order valence-electron chi connectivity index (χ2n) is 32.6. The molecule has 0 bridgehead atoms. The van der Waals surface area contributed by atoms with Crippen LogP contribution in [0.15, 0.2) is 170 Å². The van der Waals surface area contributed by atoms with Gasteiger partial charge in [-0.25, -0.2) is 46.3 Å². The molecule has 8 aromatic carbocycles. The van der Waals surface area contributed by atoms with Crippen molar-refractivity contribution in [2.75, 3.05) is 158 Å².